The Morgan fingerprint density at radius 3 is 2.79 bits per heavy atom. The topological polar surface area (TPSA) is 88.5 Å². The second-order valence-corrected chi connectivity index (χ2v) is 8.47. The predicted octanol–water partition coefficient (Wildman–Crippen LogP) is 2.35. The molecule has 1 N–H and O–H groups in total. The van der Waals surface area contributed by atoms with E-state index in [4.69, 9.17) is 14.2 Å². The molecule has 1 aliphatic carbocycles. The maximum absolute atomic E-state index is 13.6. The largest absolute Gasteiger partial charge is 0.463 e. The van der Waals surface area contributed by atoms with Crippen LogP contribution in [0, 0.1) is 0 Å². The summed E-state index contributed by atoms with van der Waals surface area (Å²) in [6.45, 7) is 1.49. The Hall–Kier alpha value is -3.78. The number of nitrogens with zero attached hydrogens (tertiary/aromatic N) is 2. The first-order valence-electron chi connectivity index (χ1n) is 10.9. The van der Waals surface area contributed by atoms with Crippen LogP contribution >= 0.6 is 0 Å². The normalized spacial score (nSPS) is 21.8. The van der Waals surface area contributed by atoms with Crippen LogP contribution in [0.5, 0.6) is 11.5 Å². The molecular formula is C25H22N2O6. The first-order chi connectivity index (χ1) is 16.1. The highest BCUT2D eigenvalue weighted by Crippen LogP contribution is 2.47. The number of fused-ring (bicyclic) bond motifs is 3. The number of carbonyl (C=O) groups is 2. The Labute approximate surface area is 190 Å². The van der Waals surface area contributed by atoms with Gasteiger partial charge in [-0.05, 0) is 42.7 Å². The molecule has 6 rings (SSSR count). The van der Waals surface area contributed by atoms with Gasteiger partial charge in [-0.3, -0.25) is 14.5 Å². The van der Waals surface area contributed by atoms with E-state index in [0.29, 0.717) is 22.8 Å². The number of hydrogen-bond donors (Lipinski definition) is 1. The lowest BCUT2D eigenvalue weighted by atomic mass is 10.0. The van der Waals surface area contributed by atoms with Crippen LogP contribution in [0.2, 0.25) is 0 Å². The minimum Gasteiger partial charge on any atom is -0.463 e. The van der Waals surface area contributed by atoms with Crippen LogP contribution in [-0.2, 0) is 20.7 Å². The molecule has 2 amide bonds. The molecule has 0 bridgehead atoms. The molecule has 0 saturated carbocycles. The number of amides is 2. The fourth-order valence-electron chi connectivity index (χ4n) is 4.76. The molecule has 0 aromatic heterocycles. The Morgan fingerprint density at radius 2 is 1.94 bits per heavy atom. The van der Waals surface area contributed by atoms with Gasteiger partial charge in [-0.25, -0.2) is 0 Å². The highest BCUT2D eigenvalue weighted by atomic mass is 16.7. The molecule has 0 unspecified atom stereocenters. The van der Waals surface area contributed by atoms with Gasteiger partial charge in [0.25, 0.3) is 5.91 Å². The number of benzene rings is 2. The molecular weight excluding hydrogens is 424 g/mol. The van der Waals surface area contributed by atoms with E-state index in [0.717, 1.165) is 23.1 Å². The third-order valence-corrected chi connectivity index (χ3v) is 6.51. The summed E-state index contributed by atoms with van der Waals surface area (Å²) in [6.07, 6.45) is 1.94. The molecule has 0 radical (unpaired) electrons. The van der Waals surface area contributed by atoms with Crippen LogP contribution < -0.4 is 9.47 Å². The monoisotopic (exact) mass is 446 g/mol. The zero-order chi connectivity index (χ0) is 22.7. The lowest BCUT2D eigenvalue weighted by Crippen LogP contribution is -2.55. The maximum atomic E-state index is 13.6. The molecule has 3 aliphatic heterocycles. The summed E-state index contributed by atoms with van der Waals surface area (Å²) in [4.78, 5) is 29.8. The molecule has 1 fully saturated rings. The van der Waals surface area contributed by atoms with Gasteiger partial charge in [0, 0.05) is 11.1 Å². The first kappa shape index (κ1) is 19.9. The van der Waals surface area contributed by atoms with Crippen molar-refractivity contribution in [2.75, 3.05) is 19.9 Å². The van der Waals surface area contributed by atoms with E-state index in [-0.39, 0.29) is 37.5 Å². The number of aliphatic hydroxyl groups excluding tert-OH is 1. The van der Waals surface area contributed by atoms with Crippen LogP contribution in [-0.4, -0.2) is 52.7 Å². The molecule has 0 spiro atoms. The van der Waals surface area contributed by atoms with Crippen molar-refractivity contribution in [2.45, 2.75) is 25.6 Å². The summed E-state index contributed by atoms with van der Waals surface area (Å²) in [5, 5.41) is 9.66. The predicted molar refractivity (Wildman–Crippen MR) is 117 cm³/mol. The van der Waals surface area contributed by atoms with E-state index >= 15 is 0 Å². The standard InChI is InChI=1S/C25H22N2O6/c1-14(12-28)26-11-21(29)27-22(24(26)30)23(18-8-6-15-4-2-3-5-17(15)18)33-25(27)16-7-9-19-20(10-16)32-13-31-19/h2-5,7-10,14,25,28H,6,11-13H2,1H3/t14-,25+/m1/s1. The first-order valence-corrected chi connectivity index (χ1v) is 10.9. The van der Waals surface area contributed by atoms with Crippen molar-refractivity contribution in [3.8, 4) is 11.5 Å². The summed E-state index contributed by atoms with van der Waals surface area (Å²) in [6, 6.07) is 12.8. The van der Waals surface area contributed by atoms with Crippen molar-refractivity contribution < 1.29 is 28.9 Å². The molecule has 4 aliphatic rings. The van der Waals surface area contributed by atoms with E-state index in [9.17, 15) is 14.7 Å². The Morgan fingerprint density at radius 1 is 1.12 bits per heavy atom. The van der Waals surface area contributed by atoms with Gasteiger partial charge in [0.15, 0.2) is 23.0 Å². The van der Waals surface area contributed by atoms with Crippen LogP contribution in [0.4, 0.5) is 0 Å². The molecule has 8 nitrogen and oxygen atoms in total. The summed E-state index contributed by atoms with van der Waals surface area (Å²) in [5.41, 5.74) is 3.81. The second-order valence-electron chi connectivity index (χ2n) is 8.47. The molecule has 33 heavy (non-hydrogen) atoms. The number of ether oxygens (including phenoxy) is 3. The fraction of sp³-hybridized carbons (Fsp3) is 0.280. The maximum Gasteiger partial charge on any atom is 0.275 e. The van der Waals surface area contributed by atoms with Gasteiger partial charge >= 0.3 is 0 Å². The number of piperazine rings is 1. The van der Waals surface area contributed by atoms with Gasteiger partial charge in [0.1, 0.15) is 6.54 Å². The molecule has 2 aromatic carbocycles. The highest BCUT2D eigenvalue weighted by molar-refractivity contribution is 6.07. The average molecular weight is 446 g/mol. The Kier molecular flexibility index (Phi) is 4.45. The van der Waals surface area contributed by atoms with E-state index in [1.54, 1.807) is 19.1 Å². The zero-order valence-corrected chi connectivity index (χ0v) is 18.0. The van der Waals surface area contributed by atoms with Gasteiger partial charge in [0.05, 0.1) is 12.6 Å². The van der Waals surface area contributed by atoms with Crippen molar-refractivity contribution >= 4 is 17.4 Å². The Balaban J connectivity index is 1.47. The number of aliphatic hydroxyl groups is 1. The van der Waals surface area contributed by atoms with Gasteiger partial charge in [-0.2, -0.15) is 0 Å². The average Bonchev–Trinajstić information content (AvgIpc) is 3.56. The lowest BCUT2D eigenvalue weighted by molar-refractivity contribution is -0.152. The van der Waals surface area contributed by atoms with Crippen molar-refractivity contribution in [1.82, 2.24) is 9.80 Å². The van der Waals surface area contributed by atoms with Crippen LogP contribution in [0.1, 0.15) is 29.8 Å². The minimum atomic E-state index is -0.804. The Bertz CT molecular complexity index is 1250. The quantitative estimate of drug-likeness (QED) is 0.776. The number of allylic oxidation sites excluding steroid dienone is 2. The van der Waals surface area contributed by atoms with Crippen molar-refractivity contribution in [2.24, 2.45) is 0 Å². The number of rotatable bonds is 4. The van der Waals surface area contributed by atoms with Crippen molar-refractivity contribution in [3.05, 3.63) is 76.7 Å². The highest BCUT2D eigenvalue weighted by Gasteiger charge is 2.49. The van der Waals surface area contributed by atoms with Crippen molar-refractivity contribution in [3.63, 3.8) is 0 Å². The summed E-state index contributed by atoms with van der Waals surface area (Å²) < 4.78 is 17.3. The fourth-order valence-corrected chi connectivity index (χ4v) is 4.76. The molecule has 8 heteroatoms. The van der Waals surface area contributed by atoms with Crippen LogP contribution in [0.15, 0.2) is 60.0 Å². The van der Waals surface area contributed by atoms with E-state index in [2.05, 4.69) is 0 Å². The molecule has 3 heterocycles. The van der Waals surface area contributed by atoms with Gasteiger partial charge in [-0.15, -0.1) is 0 Å². The molecule has 1 saturated heterocycles. The number of hydrogen-bond acceptors (Lipinski definition) is 6. The third-order valence-electron chi connectivity index (χ3n) is 6.51. The van der Waals surface area contributed by atoms with Gasteiger partial charge in [0.2, 0.25) is 18.9 Å². The second kappa shape index (κ2) is 7.38. The third kappa shape index (κ3) is 2.94. The smallest absolute Gasteiger partial charge is 0.275 e. The van der Waals surface area contributed by atoms with E-state index in [1.807, 2.05) is 36.4 Å². The summed E-state index contributed by atoms with van der Waals surface area (Å²) >= 11 is 0. The SMILES string of the molecule is C[C@H](CO)N1CC(=O)N2C(=C(C3=CCc4ccccc43)O[C@H]2c2ccc3c(c2)OCO3)C1=O. The minimum absolute atomic E-state index is 0.128. The lowest BCUT2D eigenvalue weighted by Gasteiger charge is -2.37. The van der Waals surface area contributed by atoms with E-state index in [1.165, 1.54) is 9.80 Å². The molecule has 2 atom stereocenters. The van der Waals surface area contributed by atoms with Gasteiger partial charge in [-0.1, -0.05) is 30.3 Å². The van der Waals surface area contributed by atoms with Crippen LogP contribution in [0.3, 0.4) is 0 Å². The zero-order valence-electron chi connectivity index (χ0n) is 18.0. The van der Waals surface area contributed by atoms with Crippen LogP contribution in [0.25, 0.3) is 5.57 Å². The number of carbonyl (C=O) groups excluding carboxylic acids is 2. The van der Waals surface area contributed by atoms with Crippen molar-refractivity contribution in [1.29, 1.82) is 0 Å². The van der Waals surface area contributed by atoms with Gasteiger partial charge < -0.3 is 24.2 Å². The summed E-state index contributed by atoms with van der Waals surface area (Å²) in [7, 11) is 0. The summed E-state index contributed by atoms with van der Waals surface area (Å²) in [5.74, 6) is 0.981. The molecule has 168 valence electrons. The van der Waals surface area contributed by atoms with E-state index < -0.39 is 12.3 Å². The molecule has 2 aromatic rings.